The summed E-state index contributed by atoms with van der Waals surface area (Å²) in [5, 5.41) is 5.91. The number of hydrazone groups is 1. The molecule has 4 nitrogen and oxygen atoms in total. The minimum Gasteiger partial charge on any atom is -0.399 e. The number of amides is 1. The minimum absolute atomic E-state index is 0.0329. The standard InChI is InChI=1S/C16H15N3O/c1-11-15(12-6-3-2-4-7-12)18-19(16(11)20)14-9-5-8-13(17)10-14/h2-11H,17H2,1H3. The van der Waals surface area contributed by atoms with Crippen molar-refractivity contribution in [2.24, 2.45) is 11.0 Å². The molecule has 0 aromatic heterocycles. The molecule has 1 aliphatic rings. The van der Waals surface area contributed by atoms with Crippen molar-refractivity contribution in [3.8, 4) is 0 Å². The third-order valence-electron chi connectivity index (χ3n) is 3.38. The largest absolute Gasteiger partial charge is 0.399 e. The SMILES string of the molecule is CC1C(=O)N(c2cccc(N)c2)N=C1c1ccccc1. The van der Waals surface area contributed by atoms with Gasteiger partial charge in [0.2, 0.25) is 0 Å². The molecule has 0 fully saturated rings. The van der Waals surface area contributed by atoms with Gasteiger partial charge in [0.25, 0.3) is 5.91 Å². The van der Waals surface area contributed by atoms with Crippen molar-refractivity contribution in [2.45, 2.75) is 6.92 Å². The van der Waals surface area contributed by atoms with E-state index in [1.54, 1.807) is 12.1 Å². The van der Waals surface area contributed by atoms with E-state index in [1.807, 2.05) is 49.4 Å². The Bertz CT molecular complexity index is 679. The van der Waals surface area contributed by atoms with Crippen LogP contribution in [0.5, 0.6) is 0 Å². The number of nitrogens with zero attached hydrogens (tertiary/aromatic N) is 2. The molecule has 0 saturated heterocycles. The quantitative estimate of drug-likeness (QED) is 0.849. The van der Waals surface area contributed by atoms with Gasteiger partial charge in [0.1, 0.15) is 0 Å². The molecular formula is C16H15N3O. The van der Waals surface area contributed by atoms with Gasteiger partial charge in [-0.1, -0.05) is 36.4 Å². The molecule has 20 heavy (non-hydrogen) atoms. The molecule has 0 spiro atoms. The highest BCUT2D eigenvalue weighted by atomic mass is 16.2. The van der Waals surface area contributed by atoms with Crippen LogP contribution in [0.2, 0.25) is 0 Å². The second-order valence-electron chi connectivity index (χ2n) is 4.82. The molecule has 2 aromatic rings. The molecule has 1 atom stereocenters. The fourth-order valence-corrected chi connectivity index (χ4v) is 2.30. The van der Waals surface area contributed by atoms with E-state index in [2.05, 4.69) is 5.10 Å². The molecule has 0 aliphatic carbocycles. The maximum absolute atomic E-state index is 12.4. The van der Waals surface area contributed by atoms with Crippen LogP contribution in [0.15, 0.2) is 59.7 Å². The van der Waals surface area contributed by atoms with Gasteiger partial charge in [0.15, 0.2) is 0 Å². The Kier molecular flexibility index (Phi) is 2.99. The van der Waals surface area contributed by atoms with Crippen LogP contribution >= 0.6 is 0 Å². The number of carbonyl (C=O) groups excluding carboxylic acids is 1. The van der Waals surface area contributed by atoms with Gasteiger partial charge in [-0.3, -0.25) is 4.79 Å². The lowest BCUT2D eigenvalue weighted by atomic mass is 9.99. The van der Waals surface area contributed by atoms with Gasteiger partial charge in [-0.15, -0.1) is 0 Å². The number of nitrogen functional groups attached to an aromatic ring is 1. The van der Waals surface area contributed by atoms with Gasteiger partial charge in [-0.25, -0.2) is 0 Å². The van der Waals surface area contributed by atoms with Crippen LogP contribution in [0.3, 0.4) is 0 Å². The lowest BCUT2D eigenvalue weighted by molar-refractivity contribution is -0.119. The summed E-state index contributed by atoms with van der Waals surface area (Å²) in [5.74, 6) is -0.284. The molecule has 0 saturated carbocycles. The third kappa shape index (κ3) is 2.05. The van der Waals surface area contributed by atoms with Crippen LogP contribution < -0.4 is 10.7 Å². The Labute approximate surface area is 117 Å². The van der Waals surface area contributed by atoms with Crippen LogP contribution in [0.1, 0.15) is 12.5 Å². The fourth-order valence-electron chi connectivity index (χ4n) is 2.30. The summed E-state index contributed by atoms with van der Waals surface area (Å²) in [6, 6.07) is 16.9. The molecule has 2 aromatic carbocycles. The number of anilines is 2. The molecule has 100 valence electrons. The zero-order valence-electron chi connectivity index (χ0n) is 11.2. The van der Waals surface area contributed by atoms with E-state index in [1.165, 1.54) is 5.01 Å². The summed E-state index contributed by atoms with van der Waals surface area (Å²) < 4.78 is 0. The number of hydrogen-bond acceptors (Lipinski definition) is 3. The Morgan fingerprint density at radius 3 is 2.55 bits per heavy atom. The first-order valence-corrected chi connectivity index (χ1v) is 6.50. The van der Waals surface area contributed by atoms with Gasteiger partial charge in [0, 0.05) is 5.69 Å². The number of carbonyl (C=O) groups is 1. The van der Waals surface area contributed by atoms with Crippen LogP contribution in [0.4, 0.5) is 11.4 Å². The lowest BCUT2D eigenvalue weighted by Crippen LogP contribution is -2.25. The zero-order valence-corrected chi connectivity index (χ0v) is 11.2. The summed E-state index contributed by atoms with van der Waals surface area (Å²) in [4.78, 5) is 12.4. The van der Waals surface area contributed by atoms with E-state index in [9.17, 15) is 4.79 Å². The van der Waals surface area contributed by atoms with Gasteiger partial charge in [0.05, 0.1) is 17.3 Å². The second kappa shape index (κ2) is 4.81. The summed E-state index contributed by atoms with van der Waals surface area (Å²) in [6.45, 7) is 1.88. The summed E-state index contributed by atoms with van der Waals surface area (Å²) in [7, 11) is 0. The highest BCUT2D eigenvalue weighted by Gasteiger charge is 2.33. The van der Waals surface area contributed by atoms with Crippen molar-refractivity contribution >= 4 is 23.0 Å². The number of benzene rings is 2. The maximum atomic E-state index is 12.4. The molecular weight excluding hydrogens is 250 g/mol. The Morgan fingerprint density at radius 2 is 1.85 bits per heavy atom. The second-order valence-corrected chi connectivity index (χ2v) is 4.82. The third-order valence-corrected chi connectivity index (χ3v) is 3.38. The monoisotopic (exact) mass is 265 g/mol. The van der Waals surface area contributed by atoms with E-state index in [0.29, 0.717) is 11.4 Å². The van der Waals surface area contributed by atoms with Crippen LogP contribution in [-0.2, 0) is 4.79 Å². The van der Waals surface area contributed by atoms with Gasteiger partial charge < -0.3 is 5.73 Å². The number of hydrogen-bond donors (Lipinski definition) is 1. The van der Waals surface area contributed by atoms with E-state index < -0.39 is 0 Å². The van der Waals surface area contributed by atoms with Gasteiger partial charge in [-0.2, -0.15) is 10.1 Å². The van der Waals surface area contributed by atoms with Gasteiger partial charge in [-0.05, 0) is 30.7 Å². The predicted molar refractivity (Wildman–Crippen MR) is 80.5 cm³/mol. The van der Waals surface area contributed by atoms with Crippen molar-refractivity contribution in [3.63, 3.8) is 0 Å². The maximum Gasteiger partial charge on any atom is 0.256 e. The molecule has 1 unspecified atom stereocenters. The highest BCUT2D eigenvalue weighted by molar-refractivity contribution is 6.21. The first kappa shape index (κ1) is 12.4. The predicted octanol–water partition coefficient (Wildman–Crippen LogP) is 2.66. The Morgan fingerprint density at radius 1 is 1.10 bits per heavy atom. The van der Waals surface area contributed by atoms with Crippen molar-refractivity contribution < 1.29 is 4.79 Å². The first-order chi connectivity index (χ1) is 9.66. The van der Waals surface area contributed by atoms with Gasteiger partial charge >= 0.3 is 0 Å². The molecule has 0 bridgehead atoms. The van der Waals surface area contributed by atoms with E-state index in [-0.39, 0.29) is 11.8 Å². The van der Waals surface area contributed by atoms with E-state index >= 15 is 0 Å². The molecule has 1 heterocycles. The molecule has 2 N–H and O–H groups in total. The van der Waals surface area contributed by atoms with Crippen molar-refractivity contribution in [3.05, 3.63) is 60.2 Å². The fraction of sp³-hybridized carbons (Fsp3) is 0.125. The summed E-state index contributed by atoms with van der Waals surface area (Å²) >= 11 is 0. The first-order valence-electron chi connectivity index (χ1n) is 6.50. The molecule has 1 aliphatic heterocycles. The van der Waals surface area contributed by atoms with Crippen molar-refractivity contribution in [1.82, 2.24) is 0 Å². The van der Waals surface area contributed by atoms with Crippen LogP contribution in [0.25, 0.3) is 0 Å². The zero-order chi connectivity index (χ0) is 14.1. The normalized spacial score (nSPS) is 18.2. The summed E-state index contributed by atoms with van der Waals surface area (Å²) in [5.41, 5.74) is 8.85. The van der Waals surface area contributed by atoms with Crippen molar-refractivity contribution in [1.29, 1.82) is 0 Å². The van der Waals surface area contributed by atoms with Crippen LogP contribution in [-0.4, -0.2) is 11.6 Å². The number of nitrogens with two attached hydrogens (primary N) is 1. The van der Waals surface area contributed by atoms with Crippen LogP contribution in [0, 0.1) is 5.92 Å². The topological polar surface area (TPSA) is 58.7 Å². The smallest absolute Gasteiger partial charge is 0.256 e. The number of rotatable bonds is 2. The Balaban J connectivity index is 2.02. The molecule has 0 radical (unpaired) electrons. The average molecular weight is 265 g/mol. The average Bonchev–Trinajstić information content (AvgIpc) is 2.76. The Hall–Kier alpha value is -2.62. The van der Waals surface area contributed by atoms with Crippen molar-refractivity contribution in [2.75, 3.05) is 10.7 Å². The molecule has 4 heteroatoms. The molecule has 3 rings (SSSR count). The lowest BCUT2D eigenvalue weighted by Gasteiger charge is -2.12. The van der Waals surface area contributed by atoms with E-state index in [4.69, 9.17) is 5.73 Å². The minimum atomic E-state index is -0.251. The summed E-state index contributed by atoms with van der Waals surface area (Å²) in [6.07, 6.45) is 0. The molecule has 1 amide bonds. The van der Waals surface area contributed by atoms with E-state index in [0.717, 1.165) is 11.3 Å². The highest BCUT2D eigenvalue weighted by Crippen LogP contribution is 2.27.